The molecule has 1 aromatic carbocycles. The molecule has 10 nitrogen and oxygen atoms in total. The molecule has 6 rings (SSSR count). The van der Waals surface area contributed by atoms with Crippen molar-refractivity contribution in [3.63, 3.8) is 0 Å². The van der Waals surface area contributed by atoms with Crippen LogP contribution in [0.2, 0.25) is 0 Å². The number of para-hydroxylation sites is 1. The molecule has 5 heterocycles. The fourth-order valence-corrected chi connectivity index (χ4v) is 7.38. The number of aromatic nitrogens is 4. The number of nitrogens with one attached hydrogen (secondary N) is 1. The summed E-state index contributed by atoms with van der Waals surface area (Å²) in [6, 6.07) is 8.37. The highest BCUT2D eigenvalue weighted by Crippen LogP contribution is 2.38. The zero-order valence-corrected chi connectivity index (χ0v) is 25.2. The number of piperazine rings is 1. The van der Waals surface area contributed by atoms with E-state index in [2.05, 4.69) is 15.3 Å². The first-order chi connectivity index (χ1) is 20.0. The Morgan fingerprint density at radius 2 is 1.86 bits per heavy atom. The number of fused-ring (bicyclic) bond motifs is 2. The average molecular weight is 608 g/mol. The number of benzene rings is 1. The van der Waals surface area contributed by atoms with Gasteiger partial charge in [-0.25, -0.2) is 22.8 Å². The third kappa shape index (κ3) is 4.61. The number of sulfone groups is 1. The van der Waals surface area contributed by atoms with Crippen LogP contribution in [0.15, 0.2) is 46.2 Å². The number of hydrogen-bond donors (Lipinski definition) is 2. The third-order valence-corrected chi connectivity index (χ3v) is 9.41. The highest BCUT2D eigenvalue weighted by atomic mass is 32.2. The Morgan fingerprint density at radius 3 is 2.55 bits per heavy atom. The monoisotopic (exact) mass is 607 g/mol. The number of anilines is 2. The lowest BCUT2D eigenvalue weighted by molar-refractivity contribution is 0.580. The van der Waals surface area contributed by atoms with Crippen LogP contribution >= 0.6 is 11.3 Å². The zero-order chi connectivity index (χ0) is 29.9. The fourth-order valence-electron chi connectivity index (χ4n) is 5.62. The zero-order valence-electron chi connectivity index (χ0n) is 23.6. The molecule has 0 bridgehead atoms. The van der Waals surface area contributed by atoms with Crippen LogP contribution in [-0.2, 0) is 9.84 Å². The number of thiazole rings is 1. The van der Waals surface area contributed by atoms with Gasteiger partial charge in [-0.05, 0) is 36.6 Å². The van der Waals surface area contributed by atoms with Crippen molar-refractivity contribution in [3.8, 4) is 16.9 Å². The summed E-state index contributed by atoms with van der Waals surface area (Å²) in [5, 5.41) is 3.80. The van der Waals surface area contributed by atoms with E-state index >= 15 is 4.39 Å². The van der Waals surface area contributed by atoms with Crippen LogP contribution in [0.1, 0.15) is 31.0 Å². The predicted molar refractivity (Wildman–Crippen MR) is 165 cm³/mol. The maximum absolute atomic E-state index is 16.2. The van der Waals surface area contributed by atoms with E-state index in [4.69, 9.17) is 10.7 Å². The Balaban J connectivity index is 1.83. The van der Waals surface area contributed by atoms with Gasteiger partial charge in [-0.3, -0.25) is 14.3 Å². The van der Waals surface area contributed by atoms with E-state index in [1.54, 1.807) is 24.4 Å². The van der Waals surface area contributed by atoms with Crippen LogP contribution in [-0.4, -0.2) is 60.4 Å². The van der Waals surface area contributed by atoms with Gasteiger partial charge in [0.1, 0.15) is 11.5 Å². The molecule has 0 unspecified atom stereocenters. The number of hydrogen-bond acceptors (Lipinski definition) is 10. The van der Waals surface area contributed by atoms with Gasteiger partial charge in [0.15, 0.2) is 25.5 Å². The molecule has 1 saturated heterocycles. The van der Waals surface area contributed by atoms with E-state index in [-0.39, 0.29) is 28.3 Å². The quantitative estimate of drug-likeness (QED) is 0.304. The summed E-state index contributed by atoms with van der Waals surface area (Å²) in [5.41, 5.74) is 8.15. The van der Waals surface area contributed by atoms with Crippen LogP contribution in [0.4, 0.5) is 15.2 Å². The molecule has 218 valence electrons. The minimum Gasteiger partial charge on any atom is -0.375 e. The molecule has 1 fully saturated rings. The molecular formula is C29H30FN7O3S2. The Morgan fingerprint density at radius 1 is 1.12 bits per heavy atom. The van der Waals surface area contributed by atoms with Gasteiger partial charge < -0.3 is 16.0 Å². The molecule has 0 atom stereocenters. The van der Waals surface area contributed by atoms with Gasteiger partial charge in [-0.2, -0.15) is 0 Å². The second-order valence-electron chi connectivity index (χ2n) is 10.7. The number of nitrogen functional groups attached to an aromatic ring is 1. The third-order valence-electron chi connectivity index (χ3n) is 7.45. The van der Waals surface area contributed by atoms with Gasteiger partial charge in [0.25, 0.3) is 5.56 Å². The van der Waals surface area contributed by atoms with Crippen LogP contribution in [0.3, 0.4) is 0 Å². The number of halogens is 1. The van der Waals surface area contributed by atoms with Gasteiger partial charge in [0, 0.05) is 49.6 Å². The van der Waals surface area contributed by atoms with Crippen LogP contribution in [0.5, 0.6) is 0 Å². The van der Waals surface area contributed by atoms with E-state index in [9.17, 15) is 13.2 Å². The summed E-state index contributed by atoms with van der Waals surface area (Å²) in [5.74, 6) is -0.780. The van der Waals surface area contributed by atoms with Crippen molar-refractivity contribution in [3.05, 3.63) is 64.0 Å². The van der Waals surface area contributed by atoms with Gasteiger partial charge in [0.05, 0.1) is 27.3 Å². The van der Waals surface area contributed by atoms with Gasteiger partial charge in [-0.1, -0.05) is 37.3 Å². The molecule has 4 aromatic heterocycles. The smallest absolute Gasteiger partial charge is 0.277 e. The molecule has 0 spiro atoms. The van der Waals surface area contributed by atoms with E-state index in [0.717, 1.165) is 11.0 Å². The molecule has 0 radical (unpaired) electrons. The molecule has 0 amide bonds. The lowest BCUT2D eigenvalue weighted by Crippen LogP contribution is -2.45. The second-order valence-corrected chi connectivity index (χ2v) is 13.8. The lowest BCUT2D eigenvalue weighted by atomic mass is 10.0. The second kappa shape index (κ2) is 10.4. The van der Waals surface area contributed by atoms with Gasteiger partial charge in [-0.15, -0.1) is 0 Å². The van der Waals surface area contributed by atoms with Crippen molar-refractivity contribution in [1.29, 1.82) is 0 Å². The molecule has 1 aliphatic heterocycles. The molecular weight excluding hydrogens is 577 g/mol. The van der Waals surface area contributed by atoms with Crippen LogP contribution in [0.25, 0.3) is 38.2 Å². The van der Waals surface area contributed by atoms with Crippen molar-refractivity contribution in [2.75, 3.05) is 43.1 Å². The van der Waals surface area contributed by atoms with Crippen molar-refractivity contribution in [2.24, 2.45) is 0 Å². The number of aryl methyl sites for hydroxylation is 1. The first kappa shape index (κ1) is 28.2. The number of rotatable bonds is 5. The standard InChI is InChI=1S/C29H30FN7O3S2/c1-15(2)21-24(16(3)8-9-33-21)37-27-18(25(36-12-10-32-11-13-36)26(28(37)38)42(4,39)40)14-19(30)22(34-27)17-6-5-7-20-23(17)35-29(31)41-20/h5-9,14-15,32H,10-13H2,1-4H3,(H2,31,35). The van der Waals surface area contributed by atoms with E-state index in [1.165, 1.54) is 22.0 Å². The molecule has 13 heteroatoms. The topological polar surface area (TPSA) is 136 Å². The number of nitrogens with two attached hydrogens (primary N) is 1. The highest BCUT2D eigenvalue weighted by molar-refractivity contribution is 7.90. The summed E-state index contributed by atoms with van der Waals surface area (Å²) in [6.45, 7) is 7.74. The van der Waals surface area contributed by atoms with Crippen LogP contribution < -0.4 is 21.5 Å². The predicted octanol–water partition coefficient (Wildman–Crippen LogP) is 4.02. The summed E-state index contributed by atoms with van der Waals surface area (Å²) < 4.78 is 45.0. The minimum absolute atomic E-state index is 0.0162. The lowest BCUT2D eigenvalue weighted by Gasteiger charge is -2.32. The number of pyridine rings is 3. The van der Waals surface area contributed by atoms with Crippen molar-refractivity contribution < 1.29 is 12.8 Å². The summed E-state index contributed by atoms with van der Waals surface area (Å²) >= 11 is 1.28. The normalized spacial score (nSPS) is 14.4. The van der Waals surface area contributed by atoms with Crippen LogP contribution in [0, 0.1) is 12.7 Å². The summed E-state index contributed by atoms with van der Waals surface area (Å²) in [6.07, 6.45) is 2.66. The maximum atomic E-state index is 16.2. The van der Waals surface area contributed by atoms with E-state index in [1.807, 2.05) is 31.7 Å². The fraction of sp³-hybridized carbons (Fsp3) is 0.310. The molecule has 42 heavy (non-hydrogen) atoms. The van der Waals surface area contributed by atoms with Crippen molar-refractivity contribution >= 4 is 53.2 Å². The van der Waals surface area contributed by atoms with Crippen molar-refractivity contribution in [2.45, 2.75) is 31.6 Å². The number of nitrogens with zero attached hydrogens (tertiary/aromatic N) is 5. The first-order valence-corrected chi connectivity index (χ1v) is 16.2. The largest absolute Gasteiger partial charge is 0.375 e. The van der Waals surface area contributed by atoms with Gasteiger partial charge >= 0.3 is 0 Å². The molecule has 1 aliphatic rings. The Hall–Kier alpha value is -3.94. The molecule has 0 aliphatic carbocycles. The molecule has 5 aromatic rings. The average Bonchev–Trinajstić information content (AvgIpc) is 3.33. The minimum atomic E-state index is -4.07. The summed E-state index contributed by atoms with van der Waals surface area (Å²) in [7, 11) is -4.07. The first-order valence-electron chi connectivity index (χ1n) is 13.5. The van der Waals surface area contributed by atoms with Gasteiger partial charge in [0.2, 0.25) is 0 Å². The SMILES string of the molecule is Cc1ccnc(C(C)C)c1-n1c(=O)c(S(C)(=O)=O)c(N2CCNCC2)c2cc(F)c(-c3cccc4sc(N)nc34)nc21. The molecule has 0 saturated carbocycles. The van der Waals surface area contributed by atoms with E-state index in [0.29, 0.717) is 59.3 Å². The summed E-state index contributed by atoms with van der Waals surface area (Å²) in [4.78, 5) is 29.7. The molecule has 3 N–H and O–H groups in total. The Labute approximate surface area is 246 Å². The Kier molecular flexibility index (Phi) is 6.98. The van der Waals surface area contributed by atoms with E-state index < -0.39 is 26.1 Å². The van der Waals surface area contributed by atoms with Crippen molar-refractivity contribution in [1.82, 2.24) is 24.8 Å². The highest BCUT2D eigenvalue weighted by Gasteiger charge is 2.32. The Bertz CT molecular complexity index is 2050. The maximum Gasteiger partial charge on any atom is 0.277 e.